The second kappa shape index (κ2) is 6.99. The number of hydrogen-bond donors (Lipinski definition) is 0. The van der Waals surface area contributed by atoms with Crippen molar-refractivity contribution in [3.63, 3.8) is 0 Å². The maximum absolute atomic E-state index is 10.1. The first-order valence-electron chi connectivity index (χ1n) is 8.17. The van der Waals surface area contributed by atoms with Gasteiger partial charge in [-0.05, 0) is 19.4 Å². The molecule has 1 aromatic rings. The monoisotopic (exact) mass is 340 g/mol. The van der Waals surface area contributed by atoms with E-state index in [1.165, 1.54) is 0 Å². The zero-order chi connectivity index (χ0) is 19.4. The standard InChI is InChI=1S/C20H16N6/c1-3-26(4-2)18(16(10-21)11-22)20(14-25)17(19(20,12-23)13-24)15-8-6-5-7-9-15/h5-9,17H,3-4H2,1-2H3/t17-,20+/m1/s1. The summed E-state index contributed by atoms with van der Waals surface area (Å²) in [6.45, 7) is 4.55. The van der Waals surface area contributed by atoms with Crippen LogP contribution in [0, 0.1) is 67.5 Å². The number of benzene rings is 1. The molecule has 1 saturated carbocycles. The van der Waals surface area contributed by atoms with Crippen LogP contribution in [0.5, 0.6) is 0 Å². The number of rotatable bonds is 5. The highest BCUT2D eigenvalue weighted by atomic mass is 15.2. The SMILES string of the molecule is CCN(CC)C(=C(C#N)C#N)[C@]1(C#N)[C@H](c2ccccc2)C1(C#N)C#N. The molecule has 0 saturated heterocycles. The third-order valence-corrected chi connectivity index (χ3v) is 4.98. The average molecular weight is 340 g/mol. The smallest absolute Gasteiger partial charge is 0.177 e. The minimum absolute atomic E-state index is 0.173. The maximum atomic E-state index is 10.1. The molecule has 0 amide bonds. The van der Waals surface area contributed by atoms with E-state index in [2.05, 4.69) is 6.07 Å². The summed E-state index contributed by atoms with van der Waals surface area (Å²) in [5.41, 5.74) is -2.61. The molecule has 2 rings (SSSR count). The Labute approximate surface area is 153 Å². The van der Waals surface area contributed by atoms with Gasteiger partial charge in [0, 0.05) is 19.0 Å². The first-order chi connectivity index (χ1) is 12.6. The van der Waals surface area contributed by atoms with Gasteiger partial charge in [-0.3, -0.25) is 0 Å². The molecule has 0 bridgehead atoms. The summed E-state index contributed by atoms with van der Waals surface area (Å²) in [5.74, 6) is -0.733. The lowest BCUT2D eigenvalue weighted by atomic mass is 9.88. The van der Waals surface area contributed by atoms with Gasteiger partial charge in [-0.2, -0.15) is 26.3 Å². The van der Waals surface area contributed by atoms with Gasteiger partial charge < -0.3 is 4.90 Å². The van der Waals surface area contributed by atoms with Crippen LogP contribution in [0.4, 0.5) is 0 Å². The summed E-state index contributed by atoms with van der Waals surface area (Å²) in [6, 6.07) is 18.7. The van der Waals surface area contributed by atoms with E-state index in [-0.39, 0.29) is 11.3 Å². The van der Waals surface area contributed by atoms with Crippen molar-refractivity contribution in [2.75, 3.05) is 13.1 Å². The average Bonchev–Trinajstić information content (AvgIpc) is 3.32. The number of hydrogen-bond acceptors (Lipinski definition) is 6. The molecule has 1 aliphatic carbocycles. The van der Waals surface area contributed by atoms with Crippen molar-refractivity contribution in [3.05, 3.63) is 47.2 Å². The van der Waals surface area contributed by atoms with Crippen molar-refractivity contribution in [1.29, 1.82) is 26.3 Å². The molecule has 0 radical (unpaired) electrons. The predicted molar refractivity (Wildman–Crippen MR) is 92.1 cm³/mol. The van der Waals surface area contributed by atoms with Gasteiger partial charge in [0.2, 0.25) is 0 Å². The molecule has 0 aliphatic heterocycles. The molecule has 1 fully saturated rings. The van der Waals surface area contributed by atoms with Gasteiger partial charge in [-0.25, -0.2) is 0 Å². The molecule has 6 nitrogen and oxygen atoms in total. The van der Waals surface area contributed by atoms with Crippen molar-refractivity contribution in [2.24, 2.45) is 10.8 Å². The van der Waals surface area contributed by atoms with E-state index in [9.17, 15) is 26.3 Å². The molecule has 6 heteroatoms. The van der Waals surface area contributed by atoms with Gasteiger partial charge in [0.25, 0.3) is 0 Å². The Balaban J connectivity index is 2.89. The Bertz CT molecular complexity index is 908. The van der Waals surface area contributed by atoms with Crippen LogP contribution < -0.4 is 0 Å². The van der Waals surface area contributed by atoms with Gasteiger partial charge in [0.1, 0.15) is 17.6 Å². The molecular formula is C20H16N6. The topological polar surface area (TPSA) is 122 Å². The summed E-state index contributed by atoms with van der Waals surface area (Å²) >= 11 is 0. The number of allylic oxidation sites excluding steroid dienone is 2. The van der Waals surface area contributed by atoms with E-state index in [1.54, 1.807) is 35.2 Å². The minimum Gasteiger partial charge on any atom is -0.372 e. The van der Waals surface area contributed by atoms with Gasteiger partial charge in [-0.15, -0.1) is 0 Å². The summed E-state index contributed by atoms with van der Waals surface area (Å²) in [4.78, 5) is 1.72. The van der Waals surface area contributed by atoms with Gasteiger partial charge in [-0.1, -0.05) is 30.3 Å². The van der Waals surface area contributed by atoms with Crippen LogP contribution in [0.1, 0.15) is 25.3 Å². The lowest BCUT2D eigenvalue weighted by Gasteiger charge is -2.28. The second-order valence-corrected chi connectivity index (χ2v) is 5.91. The van der Waals surface area contributed by atoms with Gasteiger partial charge >= 0.3 is 0 Å². The van der Waals surface area contributed by atoms with Crippen LogP contribution >= 0.6 is 0 Å². The minimum atomic E-state index is -1.65. The largest absolute Gasteiger partial charge is 0.372 e. The van der Waals surface area contributed by atoms with E-state index in [4.69, 9.17) is 0 Å². The summed E-state index contributed by atoms with van der Waals surface area (Å²) < 4.78 is 0. The van der Waals surface area contributed by atoms with Crippen molar-refractivity contribution < 1.29 is 0 Å². The Morgan fingerprint density at radius 3 is 1.85 bits per heavy atom. The van der Waals surface area contributed by atoms with E-state index in [0.29, 0.717) is 18.7 Å². The lowest BCUT2D eigenvalue weighted by Crippen LogP contribution is -2.31. The highest BCUT2D eigenvalue weighted by molar-refractivity contribution is 5.63. The lowest BCUT2D eigenvalue weighted by molar-refractivity contribution is 0.330. The van der Waals surface area contributed by atoms with E-state index >= 15 is 0 Å². The summed E-state index contributed by atoms with van der Waals surface area (Å²) in [7, 11) is 0. The third kappa shape index (κ3) is 2.20. The quantitative estimate of drug-likeness (QED) is 0.759. The first kappa shape index (κ1) is 18.5. The fourth-order valence-electron chi connectivity index (χ4n) is 3.76. The normalized spacial score (nSPS) is 21.7. The van der Waals surface area contributed by atoms with Crippen LogP contribution in [0.2, 0.25) is 0 Å². The Morgan fingerprint density at radius 2 is 1.46 bits per heavy atom. The molecule has 1 aromatic carbocycles. The molecule has 26 heavy (non-hydrogen) atoms. The number of nitriles is 5. The van der Waals surface area contributed by atoms with Crippen molar-refractivity contribution in [1.82, 2.24) is 4.90 Å². The second-order valence-electron chi connectivity index (χ2n) is 5.91. The fraction of sp³-hybridized carbons (Fsp3) is 0.350. The van der Waals surface area contributed by atoms with Crippen LogP contribution in [-0.4, -0.2) is 18.0 Å². The van der Waals surface area contributed by atoms with Crippen molar-refractivity contribution in [3.8, 4) is 30.3 Å². The van der Waals surface area contributed by atoms with Crippen molar-refractivity contribution >= 4 is 0 Å². The molecule has 0 heterocycles. The summed E-state index contributed by atoms with van der Waals surface area (Å²) in [5, 5.41) is 48.7. The van der Waals surface area contributed by atoms with Crippen LogP contribution in [-0.2, 0) is 0 Å². The molecule has 0 N–H and O–H groups in total. The number of nitrogens with zero attached hydrogens (tertiary/aromatic N) is 6. The molecule has 1 aliphatic rings. The maximum Gasteiger partial charge on any atom is 0.177 e. The zero-order valence-corrected chi connectivity index (χ0v) is 14.6. The molecule has 2 atom stereocenters. The Kier molecular flexibility index (Phi) is 4.98. The van der Waals surface area contributed by atoms with Crippen LogP contribution in [0.15, 0.2) is 41.6 Å². The van der Waals surface area contributed by atoms with Gasteiger partial charge in [0.05, 0.1) is 23.9 Å². The Hall–Kier alpha value is -3.79. The van der Waals surface area contributed by atoms with Crippen LogP contribution in [0.25, 0.3) is 0 Å². The Morgan fingerprint density at radius 1 is 0.923 bits per heavy atom. The van der Waals surface area contributed by atoms with Gasteiger partial charge in [0.15, 0.2) is 11.0 Å². The highest BCUT2D eigenvalue weighted by Crippen LogP contribution is 2.77. The molecule has 0 unspecified atom stereocenters. The van der Waals surface area contributed by atoms with Crippen molar-refractivity contribution in [2.45, 2.75) is 19.8 Å². The van der Waals surface area contributed by atoms with Crippen LogP contribution in [0.3, 0.4) is 0 Å². The highest BCUT2D eigenvalue weighted by Gasteiger charge is 2.83. The first-order valence-corrected chi connectivity index (χ1v) is 8.17. The fourth-order valence-corrected chi connectivity index (χ4v) is 3.76. The molecule has 0 spiro atoms. The predicted octanol–water partition coefficient (Wildman–Crippen LogP) is 2.97. The zero-order valence-electron chi connectivity index (χ0n) is 14.6. The van der Waals surface area contributed by atoms with E-state index < -0.39 is 16.7 Å². The summed E-state index contributed by atoms with van der Waals surface area (Å²) in [6.07, 6.45) is 0. The van der Waals surface area contributed by atoms with E-state index in [1.807, 2.05) is 38.1 Å². The molecular weight excluding hydrogens is 324 g/mol. The molecule has 126 valence electrons. The van der Waals surface area contributed by atoms with E-state index in [0.717, 1.165) is 0 Å². The molecule has 0 aromatic heterocycles. The third-order valence-electron chi connectivity index (χ3n) is 4.98.